The van der Waals surface area contributed by atoms with Crippen molar-refractivity contribution in [2.45, 2.75) is 25.8 Å². The number of hydrogen-bond donors (Lipinski definition) is 1. The normalized spacial score (nSPS) is 24.2. The molecule has 2 unspecified atom stereocenters. The molecule has 2 rings (SSSR count). The van der Waals surface area contributed by atoms with E-state index in [2.05, 4.69) is 12.2 Å². The van der Waals surface area contributed by atoms with Crippen molar-refractivity contribution in [2.24, 2.45) is 5.92 Å². The van der Waals surface area contributed by atoms with E-state index in [0.29, 0.717) is 12.0 Å². The van der Waals surface area contributed by atoms with Gasteiger partial charge >= 0.3 is 0 Å². The van der Waals surface area contributed by atoms with E-state index in [4.69, 9.17) is 16.3 Å². The lowest BCUT2D eigenvalue weighted by molar-refractivity contribution is 0.0326. The Balaban J connectivity index is 2.03. The molecular weight excluding hydrogens is 253 g/mol. The standard InChI is InChI=1S/C14H19ClFNO/c1-2-17-14-5-6-18-9-11(14)7-10-3-4-12(15)13(16)8-10/h3-4,8,11,14,17H,2,5-7,9H2,1H3. The number of benzene rings is 1. The van der Waals surface area contributed by atoms with Crippen LogP contribution in [0.5, 0.6) is 0 Å². The molecule has 1 aromatic rings. The van der Waals surface area contributed by atoms with Gasteiger partial charge in [0.15, 0.2) is 0 Å². The summed E-state index contributed by atoms with van der Waals surface area (Å²) in [6, 6.07) is 5.50. The van der Waals surface area contributed by atoms with Gasteiger partial charge in [0, 0.05) is 18.6 Å². The first-order valence-electron chi connectivity index (χ1n) is 6.45. The lowest BCUT2D eigenvalue weighted by Crippen LogP contribution is -2.43. The van der Waals surface area contributed by atoms with Crippen LogP contribution in [0.2, 0.25) is 5.02 Å². The van der Waals surface area contributed by atoms with E-state index in [-0.39, 0.29) is 10.8 Å². The minimum absolute atomic E-state index is 0.182. The van der Waals surface area contributed by atoms with Gasteiger partial charge in [-0.05, 0) is 37.1 Å². The summed E-state index contributed by atoms with van der Waals surface area (Å²) >= 11 is 5.69. The van der Waals surface area contributed by atoms with Gasteiger partial charge in [-0.1, -0.05) is 24.6 Å². The molecule has 4 heteroatoms. The number of ether oxygens (including phenoxy) is 1. The second-order valence-electron chi connectivity index (χ2n) is 4.74. The van der Waals surface area contributed by atoms with Crippen molar-refractivity contribution in [3.63, 3.8) is 0 Å². The summed E-state index contributed by atoms with van der Waals surface area (Å²) in [5.41, 5.74) is 0.982. The molecule has 0 radical (unpaired) electrons. The van der Waals surface area contributed by atoms with Crippen molar-refractivity contribution in [3.05, 3.63) is 34.6 Å². The highest BCUT2D eigenvalue weighted by atomic mass is 35.5. The van der Waals surface area contributed by atoms with E-state index in [1.54, 1.807) is 6.07 Å². The quantitative estimate of drug-likeness (QED) is 0.909. The highest BCUT2D eigenvalue weighted by molar-refractivity contribution is 6.30. The second-order valence-corrected chi connectivity index (χ2v) is 5.15. The predicted molar refractivity (Wildman–Crippen MR) is 71.5 cm³/mol. The molecule has 1 aliphatic rings. The minimum atomic E-state index is -0.342. The maximum Gasteiger partial charge on any atom is 0.142 e. The predicted octanol–water partition coefficient (Wildman–Crippen LogP) is 3.04. The molecule has 1 aromatic carbocycles. The van der Waals surface area contributed by atoms with Crippen LogP contribution in [0.4, 0.5) is 4.39 Å². The van der Waals surface area contributed by atoms with Crippen molar-refractivity contribution in [3.8, 4) is 0 Å². The van der Waals surface area contributed by atoms with Gasteiger partial charge in [0.1, 0.15) is 5.82 Å². The van der Waals surface area contributed by atoms with Crippen LogP contribution in [0.25, 0.3) is 0 Å². The van der Waals surface area contributed by atoms with Crippen LogP contribution in [-0.4, -0.2) is 25.8 Å². The van der Waals surface area contributed by atoms with Gasteiger partial charge in [-0.25, -0.2) is 4.39 Å². The molecule has 0 amide bonds. The van der Waals surface area contributed by atoms with E-state index in [9.17, 15) is 4.39 Å². The second kappa shape index (κ2) is 6.50. The molecule has 1 saturated heterocycles. The molecule has 1 N–H and O–H groups in total. The largest absolute Gasteiger partial charge is 0.381 e. The van der Waals surface area contributed by atoms with Crippen molar-refractivity contribution >= 4 is 11.6 Å². The maximum absolute atomic E-state index is 13.4. The van der Waals surface area contributed by atoms with Crippen LogP contribution in [0.15, 0.2) is 18.2 Å². The molecule has 0 aliphatic carbocycles. The van der Waals surface area contributed by atoms with Crippen LogP contribution < -0.4 is 5.32 Å². The third kappa shape index (κ3) is 3.44. The summed E-state index contributed by atoms with van der Waals surface area (Å²) in [5.74, 6) is 0.0603. The highest BCUT2D eigenvalue weighted by Crippen LogP contribution is 2.22. The minimum Gasteiger partial charge on any atom is -0.381 e. The Bertz CT molecular complexity index is 397. The lowest BCUT2D eigenvalue weighted by Gasteiger charge is -2.32. The zero-order valence-corrected chi connectivity index (χ0v) is 11.3. The lowest BCUT2D eigenvalue weighted by atomic mass is 9.89. The average Bonchev–Trinajstić information content (AvgIpc) is 2.37. The molecular formula is C14H19ClFNO. The Hall–Kier alpha value is -0.640. The van der Waals surface area contributed by atoms with Crippen LogP contribution in [-0.2, 0) is 11.2 Å². The summed E-state index contributed by atoms with van der Waals surface area (Å²) in [6.45, 7) is 4.61. The van der Waals surface area contributed by atoms with Crippen LogP contribution in [0.3, 0.4) is 0 Å². The first-order chi connectivity index (χ1) is 8.70. The number of nitrogens with one attached hydrogen (secondary N) is 1. The van der Waals surface area contributed by atoms with Crippen LogP contribution in [0.1, 0.15) is 18.9 Å². The zero-order chi connectivity index (χ0) is 13.0. The summed E-state index contributed by atoms with van der Waals surface area (Å²) < 4.78 is 18.9. The first kappa shape index (κ1) is 13.8. The SMILES string of the molecule is CCNC1CCOCC1Cc1ccc(Cl)c(F)c1. The Morgan fingerprint density at radius 2 is 2.33 bits per heavy atom. The third-order valence-electron chi connectivity index (χ3n) is 3.42. The Morgan fingerprint density at radius 3 is 3.06 bits per heavy atom. The van der Waals surface area contributed by atoms with Gasteiger partial charge in [-0.3, -0.25) is 0 Å². The number of hydrogen-bond acceptors (Lipinski definition) is 2. The summed E-state index contributed by atoms with van der Waals surface area (Å²) in [5, 5.41) is 3.66. The van der Waals surface area contributed by atoms with E-state index in [0.717, 1.165) is 38.2 Å². The highest BCUT2D eigenvalue weighted by Gasteiger charge is 2.25. The fourth-order valence-corrected chi connectivity index (χ4v) is 2.62. The Kier molecular flexibility index (Phi) is 4.98. The van der Waals surface area contributed by atoms with E-state index < -0.39 is 0 Å². The van der Waals surface area contributed by atoms with Gasteiger partial charge in [-0.2, -0.15) is 0 Å². The number of halogens is 2. The molecule has 100 valence electrons. The van der Waals surface area contributed by atoms with Gasteiger partial charge in [0.05, 0.1) is 11.6 Å². The van der Waals surface area contributed by atoms with Crippen LogP contribution >= 0.6 is 11.6 Å². The molecule has 1 heterocycles. The molecule has 2 nitrogen and oxygen atoms in total. The Labute approximate surface area is 112 Å². The summed E-state index contributed by atoms with van der Waals surface area (Å²) in [4.78, 5) is 0. The van der Waals surface area contributed by atoms with Gasteiger partial charge in [-0.15, -0.1) is 0 Å². The van der Waals surface area contributed by atoms with Crippen molar-refractivity contribution in [1.82, 2.24) is 5.32 Å². The average molecular weight is 272 g/mol. The summed E-state index contributed by atoms with van der Waals surface area (Å²) in [6.07, 6.45) is 1.85. The monoisotopic (exact) mass is 271 g/mol. The molecule has 1 fully saturated rings. The van der Waals surface area contributed by atoms with Crippen LogP contribution in [0, 0.1) is 11.7 Å². The molecule has 0 spiro atoms. The van der Waals surface area contributed by atoms with Gasteiger partial charge in [0.2, 0.25) is 0 Å². The molecule has 0 saturated carbocycles. The molecule has 18 heavy (non-hydrogen) atoms. The van der Waals surface area contributed by atoms with E-state index >= 15 is 0 Å². The van der Waals surface area contributed by atoms with E-state index in [1.165, 1.54) is 6.07 Å². The maximum atomic E-state index is 13.4. The topological polar surface area (TPSA) is 21.3 Å². The molecule has 2 atom stereocenters. The van der Waals surface area contributed by atoms with Gasteiger partial charge < -0.3 is 10.1 Å². The molecule has 1 aliphatic heterocycles. The smallest absolute Gasteiger partial charge is 0.142 e. The van der Waals surface area contributed by atoms with Crippen molar-refractivity contribution in [1.29, 1.82) is 0 Å². The van der Waals surface area contributed by atoms with Crippen molar-refractivity contribution in [2.75, 3.05) is 19.8 Å². The van der Waals surface area contributed by atoms with Gasteiger partial charge in [0.25, 0.3) is 0 Å². The van der Waals surface area contributed by atoms with E-state index in [1.807, 2.05) is 6.07 Å². The van der Waals surface area contributed by atoms with Crippen molar-refractivity contribution < 1.29 is 9.13 Å². The summed E-state index contributed by atoms with van der Waals surface area (Å²) in [7, 11) is 0. The molecule has 0 aromatic heterocycles. The fraction of sp³-hybridized carbons (Fsp3) is 0.571. The molecule has 0 bridgehead atoms. The third-order valence-corrected chi connectivity index (χ3v) is 3.73. The first-order valence-corrected chi connectivity index (χ1v) is 6.83. The fourth-order valence-electron chi connectivity index (χ4n) is 2.50. The Morgan fingerprint density at radius 1 is 1.50 bits per heavy atom. The zero-order valence-electron chi connectivity index (χ0n) is 10.6. The number of rotatable bonds is 4.